The molecule has 5 unspecified atom stereocenters. The molecular weight excluding hydrogens is 1090 g/mol. The molecule has 0 radical (unpaired) electrons. The van der Waals surface area contributed by atoms with Gasteiger partial charge in [0, 0.05) is 78.2 Å². The van der Waals surface area contributed by atoms with Crippen molar-refractivity contribution in [3.8, 4) is 40.2 Å². The molecule has 2 bridgehead atoms. The summed E-state index contributed by atoms with van der Waals surface area (Å²) in [7, 11) is 0. The fourth-order valence-corrected chi connectivity index (χ4v) is 13.3. The molecule has 4 fully saturated rings. The van der Waals surface area contributed by atoms with Gasteiger partial charge in [-0.2, -0.15) is 15.2 Å². The highest BCUT2D eigenvalue weighted by Gasteiger charge is 2.41. The third-order valence-electron chi connectivity index (χ3n) is 16.5. The zero-order valence-corrected chi connectivity index (χ0v) is 46.6. The Kier molecular flexibility index (Phi) is 15.6. The molecule has 4 saturated heterocycles. The number of amides is 2. The molecule has 4 N–H and O–H groups in total. The van der Waals surface area contributed by atoms with Crippen LogP contribution in [0.1, 0.15) is 95.1 Å². The number of rotatable bonds is 16. The molecule has 3 aromatic heterocycles. The number of nitrogens with zero attached hydrogens (tertiary/aromatic N) is 7. The maximum Gasteiger partial charge on any atom is 0.319 e. The lowest BCUT2D eigenvalue weighted by atomic mass is 9.81. The van der Waals surface area contributed by atoms with Gasteiger partial charge in [-0.1, -0.05) is 62.7 Å². The number of anilines is 2. The third-order valence-corrected chi connectivity index (χ3v) is 17.8. The number of carbonyl (C=O) groups excluding carboxylic acids is 2. The van der Waals surface area contributed by atoms with Crippen LogP contribution >= 0.6 is 22.9 Å². The minimum absolute atomic E-state index is 0.00267. The Balaban J connectivity index is 0.708. The van der Waals surface area contributed by atoms with E-state index < -0.39 is 47.1 Å². The van der Waals surface area contributed by atoms with E-state index in [-0.39, 0.29) is 107 Å². The average Bonchev–Trinajstić information content (AvgIpc) is 4.28. The molecule has 0 spiro atoms. The minimum Gasteiger partial charge on any atom is -0.475 e. The van der Waals surface area contributed by atoms with E-state index in [2.05, 4.69) is 43.6 Å². The highest BCUT2D eigenvalue weighted by molar-refractivity contribution is 7.23. The van der Waals surface area contributed by atoms with Crippen LogP contribution in [0.2, 0.25) is 5.02 Å². The molecule has 7 aromatic rings. The van der Waals surface area contributed by atoms with Crippen molar-refractivity contribution in [1.29, 1.82) is 5.26 Å². The molecule has 4 aromatic carbocycles. The first-order valence-corrected chi connectivity index (χ1v) is 28.5. The highest BCUT2D eigenvalue weighted by Crippen LogP contribution is 2.46. The van der Waals surface area contributed by atoms with Crippen LogP contribution in [0.25, 0.3) is 43.2 Å². The van der Waals surface area contributed by atoms with Gasteiger partial charge in [-0.25, -0.2) is 22.0 Å². The van der Waals surface area contributed by atoms with Crippen LogP contribution in [0.5, 0.6) is 11.9 Å². The molecule has 15 nitrogen and oxygen atoms in total. The van der Waals surface area contributed by atoms with E-state index in [4.69, 9.17) is 36.3 Å². The van der Waals surface area contributed by atoms with Gasteiger partial charge in [0.1, 0.15) is 64.2 Å². The topological polar surface area (TPSA) is 188 Å². The van der Waals surface area contributed by atoms with Crippen molar-refractivity contribution < 1.29 is 45.5 Å². The number of nitrogen functional groups attached to an aromatic ring is 1. The van der Waals surface area contributed by atoms with E-state index in [1.54, 1.807) is 36.1 Å². The highest BCUT2D eigenvalue weighted by atomic mass is 35.5. The minimum atomic E-state index is -1.02. The summed E-state index contributed by atoms with van der Waals surface area (Å²) in [5.41, 5.74) is 6.69. The van der Waals surface area contributed by atoms with Crippen molar-refractivity contribution in [2.45, 2.75) is 96.3 Å². The second-order valence-corrected chi connectivity index (χ2v) is 23.9. The lowest BCUT2D eigenvalue weighted by Crippen LogP contribution is -2.51. The van der Waals surface area contributed by atoms with Crippen molar-refractivity contribution in [1.82, 2.24) is 35.6 Å². The van der Waals surface area contributed by atoms with Crippen molar-refractivity contribution in [3.63, 3.8) is 0 Å². The molecule has 424 valence electrons. The van der Waals surface area contributed by atoms with Crippen LogP contribution in [0, 0.1) is 51.8 Å². The summed E-state index contributed by atoms with van der Waals surface area (Å²) in [5, 5.41) is 21.6. The van der Waals surface area contributed by atoms with Gasteiger partial charge in [-0.05, 0) is 98.4 Å². The fourth-order valence-electron chi connectivity index (χ4n) is 12.0. The number of nitrogens with one attached hydrogen (secondary N) is 2. The van der Waals surface area contributed by atoms with Gasteiger partial charge in [0.15, 0.2) is 11.6 Å². The summed E-state index contributed by atoms with van der Waals surface area (Å²) >= 11 is 7.85. The quantitative estimate of drug-likeness (QED) is 0.0776. The van der Waals surface area contributed by atoms with Gasteiger partial charge in [0.2, 0.25) is 11.8 Å². The van der Waals surface area contributed by atoms with Crippen molar-refractivity contribution in [2.75, 3.05) is 63.1 Å². The number of ether oxygens (including phenoxy) is 2. The Morgan fingerprint density at radius 1 is 0.938 bits per heavy atom. The number of nitrogens with two attached hydrogens (primary N) is 1. The Morgan fingerprint density at radius 3 is 2.35 bits per heavy atom. The molecule has 22 heteroatoms. The SMILES string of the molecule is CC(NC(=O)C1CCCN1C(=O)C(c1cc(OCC2(C)CCN(CCOc3nc(N4CC5CCC(C4)N5)c4cc(Cl)c(-c5ccc(F)c6sc(N)c(C#N)c56)c(F)c4n3)CC2)no1)C(C)C)c1ccc(-c2c(F)cc(F)cc2F)cc1. The number of fused-ring (bicyclic) bond motifs is 4. The zero-order valence-electron chi connectivity index (χ0n) is 45.1. The molecule has 0 aliphatic carbocycles. The number of aromatic nitrogens is 3. The van der Waals surface area contributed by atoms with E-state index >= 15 is 8.78 Å². The third kappa shape index (κ3) is 11.1. The molecular formula is C59H60ClF5N10O5S. The molecule has 11 rings (SSSR count). The van der Waals surface area contributed by atoms with Crippen molar-refractivity contribution in [3.05, 3.63) is 112 Å². The van der Waals surface area contributed by atoms with Crippen LogP contribution in [0.4, 0.5) is 32.8 Å². The van der Waals surface area contributed by atoms with Crippen molar-refractivity contribution >= 4 is 66.6 Å². The van der Waals surface area contributed by atoms with E-state index in [9.17, 15) is 28.0 Å². The summed E-state index contributed by atoms with van der Waals surface area (Å²) in [6.07, 6.45) is 4.69. The first-order chi connectivity index (χ1) is 38.9. The normalized spacial score (nSPS) is 19.8. The molecule has 4 aliphatic heterocycles. The number of nitriles is 1. The molecule has 0 saturated carbocycles. The molecule has 2 amide bonds. The first kappa shape index (κ1) is 55.8. The largest absolute Gasteiger partial charge is 0.475 e. The van der Waals surface area contributed by atoms with Crippen LogP contribution in [-0.4, -0.2) is 107 Å². The van der Waals surface area contributed by atoms with Gasteiger partial charge < -0.3 is 40.2 Å². The van der Waals surface area contributed by atoms with Gasteiger partial charge in [-0.15, -0.1) is 11.3 Å². The number of halogens is 6. The first-order valence-electron chi connectivity index (χ1n) is 27.3. The molecule has 7 heterocycles. The Bertz CT molecular complexity index is 3570. The van der Waals surface area contributed by atoms with Crippen LogP contribution < -0.4 is 30.7 Å². The summed E-state index contributed by atoms with van der Waals surface area (Å²) < 4.78 is 93.2. The number of likely N-dealkylation sites (tertiary alicyclic amines) is 2. The van der Waals surface area contributed by atoms with Crippen molar-refractivity contribution in [2.24, 2.45) is 11.3 Å². The average molecular weight is 1150 g/mol. The standard InChI is InChI=1S/C59H60ClF5N10O5S/c1-30(2)47(57(77)75-17-5-6-44(75)56(76)68-31(3)32-7-9-33(10-8-32)48-42(63)22-34(61)23-43(48)64)45-25-46(72-80-45)79-29-59(4)15-18-73(19-16-59)20-21-78-58-70-52-38(55(71-58)74-27-35-11-12-36(28-74)69-35)24-40(60)50(51(52)65)37-13-14-41(62)53-49(37)39(26-66)54(67)81-53/h7-10,13-14,22-25,30-31,35-36,44,47,69H,5-6,11-12,15-21,27-29,67H2,1-4H3,(H,68,76). The number of piperidine rings is 1. The predicted molar refractivity (Wildman–Crippen MR) is 298 cm³/mol. The lowest BCUT2D eigenvalue weighted by Gasteiger charge is -2.38. The van der Waals surface area contributed by atoms with Gasteiger partial charge in [0.05, 0.1) is 33.5 Å². The summed E-state index contributed by atoms with van der Waals surface area (Å²) in [6.45, 7) is 12.0. The summed E-state index contributed by atoms with van der Waals surface area (Å²) in [6, 6.07) is 14.8. The van der Waals surface area contributed by atoms with Gasteiger partial charge >= 0.3 is 6.01 Å². The number of piperazine rings is 1. The van der Waals surface area contributed by atoms with E-state index in [1.807, 2.05) is 13.8 Å². The molecule has 81 heavy (non-hydrogen) atoms. The van der Waals surface area contributed by atoms with Crippen LogP contribution in [0.15, 0.2) is 65.2 Å². The van der Waals surface area contributed by atoms with E-state index in [0.717, 1.165) is 50.1 Å². The predicted octanol–water partition coefficient (Wildman–Crippen LogP) is 11.1. The van der Waals surface area contributed by atoms with E-state index in [1.165, 1.54) is 24.3 Å². The smallest absolute Gasteiger partial charge is 0.319 e. The number of thiophene rings is 1. The molecule has 4 aliphatic rings. The monoisotopic (exact) mass is 1150 g/mol. The van der Waals surface area contributed by atoms with Crippen LogP contribution in [-0.2, 0) is 9.59 Å². The second kappa shape index (κ2) is 22.7. The summed E-state index contributed by atoms with van der Waals surface area (Å²) in [5.74, 6) is -4.84. The number of hydrogen-bond donors (Lipinski definition) is 3. The number of hydrogen-bond acceptors (Lipinski definition) is 14. The lowest BCUT2D eigenvalue weighted by molar-refractivity contribution is -0.141. The van der Waals surface area contributed by atoms with E-state index in [0.29, 0.717) is 80.3 Å². The molecule has 5 atom stereocenters. The van der Waals surface area contributed by atoms with Gasteiger partial charge in [-0.3, -0.25) is 14.5 Å². The number of carbonyl (C=O) groups is 2. The maximum absolute atomic E-state index is 17.2. The zero-order chi connectivity index (χ0) is 57.0. The summed E-state index contributed by atoms with van der Waals surface area (Å²) in [4.78, 5) is 43.6. The Hall–Kier alpha value is -7.12. The van der Waals surface area contributed by atoms with Crippen LogP contribution in [0.3, 0.4) is 0 Å². The maximum atomic E-state index is 17.2. The Morgan fingerprint density at radius 2 is 1.65 bits per heavy atom. The fraction of sp³-hybridized carbons (Fsp3) is 0.424. The Labute approximate surface area is 473 Å². The van der Waals surface area contributed by atoms with Gasteiger partial charge in [0.25, 0.3) is 5.88 Å². The second-order valence-electron chi connectivity index (χ2n) is 22.4. The number of benzene rings is 4.